The second-order valence-electron chi connectivity index (χ2n) is 3.72. The molecule has 0 amide bonds. The smallest absolute Gasteiger partial charge is 0.137 e. The second kappa shape index (κ2) is 5.62. The van der Waals surface area contributed by atoms with Crippen LogP contribution in [0.5, 0.6) is 0 Å². The lowest BCUT2D eigenvalue weighted by molar-refractivity contribution is 0.957. The third-order valence-electron chi connectivity index (χ3n) is 2.47. The van der Waals surface area contributed by atoms with Crippen LogP contribution < -0.4 is 0 Å². The summed E-state index contributed by atoms with van der Waals surface area (Å²) in [5, 5.41) is 1.82. The van der Waals surface area contributed by atoms with Crippen molar-refractivity contribution in [2.75, 3.05) is 0 Å². The van der Waals surface area contributed by atoms with Crippen molar-refractivity contribution in [3.05, 3.63) is 55.5 Å². The van der Waals surface area contributed by atoms with Crippen molar-refractivity contribution in [3.63, 3.8) is 0 Å². The van der Waals surface area contributed by atoms with Crippen molar-refractivity contribution in [3.8, 4) is 0 Å². The lowest BCUT2D eigenvalue weighted by atomic mass is 10.1. The Balaban J connectivity index is 2.41. The zero-order valence-corrected chi connectivity index (χ0v) is 12.4. The van der Waals surface area contributed by atoms with Gasteiger partial charge in [-0.1, -0.05) is 52.5 Å². The van der Waals surface area contributed by atoms with Crippen LogP contribution in [0.15, 0.2) is 18.2 Å². The normalized spacial score (nSPS) is 10.7. The van der Waals surface area contributed by atoms with Crippen molar-refractivity contribution < 1.29 is 0 Å². The summed E-state index contributed by atoms with van der Waals surface area (Å²) in [7, 11) is 0. The highest BCUT2D eigenvalue weighted by molar-refractivity contribution is 6.36. The molecule has 0 aliphatic carbocycles. The number of aromatic nitrogens is 2. The molecule has 0 radical (unpaired) electrons. The van der Waals surface area contributed by atoms with E-state index in [1.807, 2.05) is 0 Å². The molecule has 1 aromatic heterocycles. The maximum absolute atomic E-state index is 6.08. The molecular formula is C12H8Cl4N2. The molecule has 2 aromatic rings. The quantitative estimate of drug-likeness (QED) is 0.728. The van der Waals surface area contributed by atoms with Crippen LogP contribution in [-0.2, 0) is 6.42 Å². The Hall–Kier alpha value is -0.540. The van der Waals surface area contributed by atoms with E-state index in [4.69, 9.17) is 46.4 Å². The minimum Gasteiger partial charge on any atom is -0.220 e. The van der Waals surface area contributed by atoms with Gasteiger partial charge in [-0.3, -0.25) is 0 Å². The number of nitrogens with zero attached hydrogens (tertiary/aromatic N) is 2. The maximum atomic E-state index is 6.08. The SMILES string of the molecule is Cc1c(Cl)nc(Cc2c(Cl)cccc2Cl)nc1Cl. The molecule has 0 saturated heterocycles. The van der Waals surface area contributed by atoms with Gasteiger partial charge in [-0.2, -0.15) is 0 Å². The van der Waals surface area contributed by atoms with Gasteiger partial charge in [0.15, 0.2) is 0 Å². The van der Waals surface area contributed by atoms with Crippen LogP contribution in [0.25, 0.3) is 0 Å². The summed E-state index contributed by atoms with van der Waals surface area (Å²) in [5.74, 6) is 0.491. The minimum absolute atomic E-state index is 0.341. The van der Waals surface area contributed by atoms with E-state index in [-0.39, 0.29) is 0 Å². The van der Waals surface area contributed by atoms with Gasteiger partial charge < -0.3 is 0 Å². The molecule has 0 unspecified atom stereocenters. The van der Waals surface area contributed by atoms with Crippen molar-refractivity contribution in [2.24, 2.45) is 0 Å². The summed E-state index contributed by atoms with van der Waals surface area (Å²) in [6.07, 6.45) is 0.387. The van der Waals surface area contributed by atoms with Crippen molar-refractivity contribution in [1.29, 1.82) is 0 Å². The average molecular weight is 322 g/mol. The number of hydrogen-bond donors (Lipinski definition) is 0. The van der Waals surface area contributed by atoms with E-state index in [0.717, 1.165) is 5.56 Å². The monoisotopic (exact) mass is 320 g/mol. The Morgan fingerprint density at radius 3 is 1.94 bits per heavy atom. The molecule has 0 N–H and O–H groups in total. The van der Waals surface area contributed by atoms with Gasteiger partial charge in [0.25, 0.3) is 0 Å². The van der Waals surface area contributed by atoms with Crippen molar-refractivity contribution >= 4 is 46.4 Å². The summed E-state index contributed by atoms with van der Waals surface area (Å²) in [5.41, 5.74) is 1.42. The Bertz CT molecular complexity index is 555. The summed E-state index contributed by atoms with van der Waals surface area (Å²) in [6, 6.07) is 5.31. The van der Waals surface area contributed by atoms with E-state index >= 15 is 0 Å². The van der Waals surface area contributed by atoms with Gasteiger partial charge in [0.1, 0.15) is 16.1 Å². The Labute approximate surface area is 125 Å². The van der Waals surface area contributed by atoms with Gasteiger partial charge in [0, 0.05) is 22.0 Å². The predicted molar refractivity (Wildman–Crippen MR) is 76.1 cm³/mol. The zero-order chi connectivity index (χ0) is 13.3. The molecular weight excluding hydrogens is 314 g/mol. The molecule has 0 fully saturated rings. The molecule has 0 saturated carbocycles. The molecule has 0 atom stereocenters. The Morgan fingerprint density at radius 1 is 0.944 bits per heavy atom. The molecule has 0 aliphatic heterocycles. The fourth-order valence-electron chi connectivity index (χ4n) is 1.44. The molecule has 1 heterocycles. The number of halogens is 4. The van der Waals surface area contributed by atoms with E-state index in [2.05, 4.69) is 9.97 Å². The van der Waals surface area contributed by atoms with E-state index in [9.17, 15) is 0 Å². The summed E-state index contributed by atoms with van der Waals surface area (Å²) < 4.78 is 0. The van der Waals surface area contributed by atoms with Gasteiger partial charge in [0.05, 0.1) is 0 Å². The lowest BCUT2D eigenvalue weighted by Gasteiger charge is -2.07. The molecule has 18 heavy (non-hydrogen) atoms. The van der Waals surface area contributed by atoms with Crippen LogP contribution in [0, 0.1) is 6.92 Å². The van der Waals surface area contributed by atoms with E-state index in [0.29, 0.717) is 38.2 Å². The molecule has 1 aromatic carbocycles. The molecule has 2 rings (SSSR count). The minimum atomic E-state index is 0.341. The van der Waals surface area contributed by atoms with Gasteiger partial charge in [-0.25, -0.2) is 9.97 Å². The Morgan fingerprint density at radius 2 is 1.44 bits per heavy atom. The molecule has 6 heteroatoms. The first-order chi connectivity index (χ1) is 8.49. The van der Waals surface area contributed by atoms with Crippen LogP contribution >= 0.6 is 46.4 Å². The molecule has 2 nitrogen and oxygen atoms in total. The zero-order valence-electron chi connectivity index (χ0n) is 9.35. The highest BCUT2D eigenvalue weighted by atomic mass is 35.5. The van der Waals surface area contributed by atoms with E-state index in [1.165, 1.54) is 0 Å². The van der Waals surface area contributed by atoms with Crippen LogP contribution in [0.1, 0.15) is 17.0 Å². The number of hydrogen-bond acceptors (Lipinski definition) is 2. The largest absolute Gasteiger partial charge is 0.220 e. The average Bonchev–Trinajstić information content (AvgIpc) is 2.31. The van der Waals surface area contributed by atoms with Crippen molar-refractivity contribution in [2.45, 2.75) is 13.3 Å². The first-order valence-corrected chi connectivity index (χ1v) is 6.61. The van der Waals surface area contributed by atoms with E-state index < -0.39 is 0 Å². The molecule has 94 valence electrons. The van der Waals surface area contributed by atoms with Crippen LogP contribution in [0.2, 0.25) is 20.4 Å². The molecule has 0 aliphatic rings. The molecule has 0 spiro atoms. The van der Waals surface area contributed by atoms with Gasteiger partial charge >= 0.3 is 0 Å². The van der Waals surface area contributed by atoms with Crippen LogP contribution in [0.4, 0.5) is 0 Å². The third kappa shape index (κ3) is 2.89. The van der Waals surface area contributed by atoms with Crippen LogP contribution in [0.3, 0.4) is 0 Å². The number of rotatable bonds is 2. The van der Waals surface area contributed by atoms with E-state index in [1.54, 1.807) is 25.1 Å². The highest BCUT2D eigenvalue weighted by Gasteiger charge is 2.12. The highest BCUT2D eigenvalue weighted by Crippen LogP contribution is 2.27. The predicted octanol–water partition coefficient (Wildman–Crippen LogP) is 4.99. The maximum Gasteiger partial charge on any atom is 0.137 e. The molecule has 0 bridgehead atoms. The van der Waals surface area contributed by atoms with Gasteiger partial charge in [-0.05, 0) is 24.6 Å². The first kappa shape index (κ1) is 13.9. The summed E-state index contributed by atoms with van der Waals surface area (Å²) in [4.78, 5) is 8.33. The fourth-order valence-corrected chi connectivity index (χ4v) is 2.40. The van der Waals surface area contributed by atoms with Crippen molar-refractivity contribution in [1.82, 2.24) is 9.97 Å². The lowest BCUT2D eigenvalue weighted by Crippen LogP contribution is -2.00. The van der Waals surface area contributed by atoms with Gasteiger partial charge in [-0.15, -0.1) is 0 Å². The first-order valence-electron chi connectivity index (χ1n) is 5.10. The third-order valence-corrected chi connectivity index (χ3v) is 3.91. The standard InChI is InChI=1S/C12H8Cl4N2/c1-6-11(15)17-10(18-12(6)16)5-7-8(13)3-2-4-9(7)14/h2-4H,5H2,1H3. The second-order valence-corrected chi connectivity index (χ2v) is 5.25. The topological polar surface area (TPSA) is 25.8 Å². The van der Waals surface area contributed by atoms with Crippen LogP contribution in [-0.4, -0.2) is 9.97 Å². The fraction of sp³-hybridized carbons (Fsp3) is 0.167. The van der Waals surface area contributed by atoms with Gasteiger partial charge in [0.2, 0.25) is 0 Å². The Kier molecular flexibility index (Phi) is 4.33. The number of benzene rings is 1. The summed E-state index contributed by atoms with van der Waals surface area (Å²) in [6.45, 7) is 1.76. The summed E-state index contributed by atoms with van der Waals surface area (Å²) >= 11 is 24.1.